The van der Waals surface area contributed by atoms with Crippen molar-refractivity contribution in [3.8, 4) is 5.75 Å². The quantitative estimate of drug-likeness (QED) is 0.690. The van der Waals surface area contributed by atoms with Crippen LogP contribution in [0, 0.1) is 0 Å². The molecule has 1 aliphatic rings. The topological polar surface area (TPSA) is 64.8 Å². The van der Waals surface area contributed by atoms with Crippen LogP contribution in [0.3, 0.4) is 0 Å². The highest BCUT2D eigenvalue weighted by Gasteiger charge is 2.26. The van der Waals surface area contributed by atoms with E-state index in [9.17, 15) is 4.79 Å². The average molecular weight is 357 g/mol. The van der Waals surface area contributed by atoms with Crippen LogP contribution in [-0.2, 0) is 16.0 Å². The van der Waals surface area contributed by atoms with E-state index in [0.717, 1.165) is 44.6 Å². The van der Waals surface area contributed by atoms with E-state index in [-0.39, 0.29) is 24.4 Å². The van der Waals surface area contributed by atoms with Crippen LogP contribution in [-0.4, -0.2) is 50.3 Å². The fraction of sp³-hybridized carbons (Fsp3) is 0.611. The summed E-state index contributed by atoms with van der Waals surface area (Å²) >= 11 is 0. The molecule has 136 valence electrons. The molecular weight excluding hydrogens is 328 g/mol. The molecule has 0 radical (unpaired) electrons. The molecule has 0 bridgehead atoms. The SMILES string of the molecule is COCCc1ccc(OCCCC(=O)N2CCCC2CN)cc1.Cl. The molecule has 1 heterocycles. The zero-order valence-electron chi connectivity index (χ0n) is 14.4. The third kappa shape index (κ3) is 6.30. The molecule has 1 unspecified atom stereocenters. The molecule has 5 nitrogen and oxygen atoms in total. The van der Waals surface area contributed by atoms with Crippen LogP contribution in [0.5, 0.6) is 5.75 Å². The minimum absolute atomic E-state index is 0. The van der Waals surface area contributed by atoms with Crippen molar-refractivity contribution < 1.29 is 14.3 Å². The molecule has 24 heavy (non-hydrogen) atoms. The molecule has 1 saturated heterocycles. The number of amides is 1. The Morgan fingerprint density at radius 1 is 1.29 bits per heavy atom. The highest BCUT2D eigenvalue weighted by molar-refractivity contribution is 5.85. The number of carbonyl (C=O) groups excluding carboxylic acids is 1. The van der Waals surface area contributed by atoms with Gasteiger partial charge in [0.2, 0.25) is 5.91 Å². The predicted molar refractivity (Wildman–Crippen MR) is 97.8 cm³/mol. The van der Waals surface area contributed by atoms with E-state index < -0.39 is 0 Å². The molecule has 6 heteroatoms. The lowest BCUT2D eigenvalue weighted by atomic mass is 10.1. The van der Waals surface area contributed by atoms with Crippen LogP contribution in [0.25, 0.3) is 0 Å². The maximum Gasteiger partial charge on any atom is 0.222 e. The normalized spacial score (nSPS) is 16.8. The Bertz CT molecular complexity index is 482. The Labute approximate surface area is 150 Å². The van der Waals surface area contributed by atoms with Gasteiger partial charge in [0.15, 0.2) is 0 Å². The fourth-order valence-corrected chi connectivity index (χ4v) is 2.94. The number of nitrogens with zero attached hydrogens (tertiary/aromatic N) is 1. The predicted octanol–water partition coefficient (Wildman–Crippen LogP) is 2.41. The zero-order valence-corrected chi connectivity index (χ0v) is 15.2. The van der Waals surface area contributed by atoms with E-state index in [1.807, 2.05) is 17.0 Å². The molecule has 1 aromatic carbocycles. The maximum atomic E-state index is 12.2. The van der Waals surface area contributed by atoms with E-state index >= 15 is 0 Å². The summed E-state index contributed by atoms with van der Waals surface area (Å²) in [5.74, 6) is 1.05. The van der Waals surface area contributed by atoms with E-state index in [4.69, 9.17) is 15.2 Å². The Hall–Kier alpha value is -1.30. The number of nitrogens with two attached hydrogens (primary N) is 1. The van der Waals surface area contributed by atoms with Crippen molar-refractivity contribution in [1.82, 2.24) is 4.90 Å². The smallest absolute Gasteiger partial charge is 0.222 e. The molecule has 1 atom stereocenters. The number of methoxy groups -OCH3 is 1. The number of rotatable bonds is 9. The number of likely N-dealkylation sites (tertiary alicyclic amines) is 1. The second kappa shape index (κ2) is 11.3. The van der Waals surface area contributed by atoms with Gasteiger partial charge in [0.25, 0.3) is 0 Å². The lowest BCUT2D eigenvalue weighted by Crippen LogP contribution is -2.39. The second-order valence-electron chi connectivity index (χ2n) is 5.96. The first-order chi connectivity index (χ1) is 11.2. The summed E-state index contributed by atoms with van der Waals surface area (Å²) in [6, 6.07) is 8.28. The molecule has 0 spiro atoms. The third-order valence-corrected chi connectivity index (χ3v) is 4.29. The van der Waals surface area contributed by atoms with Gasteiger partial charge in [-0.25, -0.2) is 0 Å². The van der Waals surface area contributed by atoms with E-state index in [2.05, 4.69) is 12.1 Å². The lowest BCUT2D eigenvalue weighted by Gasteiger charge is -2.23. The van der Waals surface area contributed by atoms with Gasteiger partial charge in [-0.3, -0.25) is 4.79 Å². The van der Waals surface area contributed by atoms with Crippen molar-refractivity contribution >= 4 is 18.3 Å². The number of ether oxygens (including phenoxy) is 2. The number of carbonyl (C=O) groups is 1. The average Bonchev–Trinajstić information content (AvgIpc) is 3.06. The van der Waals surface area contributed by atoms with Gasteiger partial charge in [0.1, 0.15) is 5.75 Å². The highest BCUT2D eigenvalue weighted by Crippen LogP contribution is 2.18. The Morgan fingerprint density at radius 2 is 2.04 bits per heavy atom. The molecule has 0 saturated carbocycles. The van der Waals surface area contributed by atoms with Gasteiger partial charge in [0, 0.05) is 32.7 Å². The van der Waals surface area contributed by atoms with Crippen LogP contribution in [0.2, 0.25) is 0 Å². The van der Waals surface area contributed by atoms with Crippen LogP contribution in [0.1, 0.15) is 31.2 Å². The molecular formula is C18H29ClN2O3. The molecule has 1 aliphatic heterocycles. The van der Waals surface area contributed by atoms with Gasteiger partial charge < -0.3 is 20.1 Å². The fourth-order valence-electron chi connectivity index (χ4n) is 2.94. The standard InChI is InChI=1S/C18H28N2O3.ClH/c1-22-13-10-15-6-8-17(9-7-15)23-12-3-5-18(21)20-11-2-4-16(20)14-19;/h6-9,16H,2-5,10-14,19H2,1H3;1H. The summed E-state index contributed by atoms with van der Waals surface area (Å²) in [6.07, 6.45) is 4.28. The van der Waals surface area contributed by atoms with E-state index in [1.54, 1.807) is 7.11 Å². The van der Waals surface area contributed by atoms with E-state index in [1.165, 1.54) is 5.56 Å². The largest absolute Gasteiger partial charge is 0.494 e. The zero-order chi connectivity index (χ0) is 16.5. The number of hydrogen-bond donors (Lipinski definition) is 1. The Kier molecular flexibility index (Phi) is 9.76. The molecule has 0 aliphatic carbocycles. The van der Waals surface area contributed by atoms with Crippen molar-refractivity contribution in [3.05, 3.63) is 29.8 Å². The van der Waals surface area contributed by atoms with Crippen molar-refractivity contribution in [2.75, 3.05) is 33.4 Å². The van der Waals surface area contributed by atoms with Crippen LogP contribution in [0.15, 0.2) is 24.3 Å². The van der Waals surface area contributed by atoms with Gasteiger partial charge in [-0.05, 0) is 43.4 Å². The summed E-state index contributed by atoms with van der Waals surface area (Å²) in [7, 11) is 1.71. The first-order valence-corrected chi connectivity index (χ1v) is 8.45. The highest BCUT2D eigenvalue weighted by atomic mass is 35.5. The molecule has 1 aromatic rings. The first kappa shape index (κ1) is 20.7. The minimum atomic E-state index is 0. The lowest BCUT2D eigenvalue weighted by molar-refractivity contribution is -0.132. The Morgan fingerprint density at radius 3 is 2.71 bits per heavy atom. The summed E-state index contributed by atoms with van der Waals surface area (Å²) in [4.78, 5) is 14.1. The van der Waals surface area contributed by atoms with Gasteiger partial charge in [-0.15, -0.1) is 12.4 Å². The number of hydrogen-bond acceptors (Lipinski definition) is 4. The van der Waals surface area contributed by atoms with Crippen molar-refractivity contribution in [3.63, 3.8) is 0 Å². The molecule has 1 amide bonds. The monoisotopic (exact) mass is 356 g/mol. The van der Waals surface area contributed by atoms with Gasteiger partial charge in [-0.1, -0.05) is 12.1 Å². The van der Waals surface area contributed by atoms with Gasteiger partial charge in [-0.2, -0.15) is 0 Å². The van der Waals surface area contributed by atoms with Crippen molar-refractivity contribution in [1.29, 1.82) is 0 Å². The number of benzene rings is 1. The van der Waals surface area contributed by atoms with Crippen LogP contribution in [0.4, 0.5) is 0 Å². The molecule has 2 N–H and O–H groups in total. The second-order valence-corrected chi connectivity index (χ2v) is 5.96. The van der Waals surface area contributed by atoms with Crippen LogP contribution >= 0.6 is 12.4 Å². The van der Waals surface area contributed by atoms with E-state index in [0.29, 0.717) is 19.6 Å². The van der Waals surface area contributed by atoms with Crippen molar-refractivity contribution in [2.24, 2.45) is 5.73 Å². The van der Waals surface area contributed by atoms with Crippen molar-refractivity contribution in [2.45, 2.75) is 38.1 Å². The van der Waals surface area contributed by atoms with Crippen LogP contribution < -0.4 is 10.5 Å². The Balaban J connectivity index is 0.00000288. The van der Waals surface area contributed by atoms with Gasteiger partial charge >= 0.3 is 0 Å². The summed E-state index contributed by atoms with van der Waals surface area (Å²) in [6.45, 7) is 2.70. The molecule has 2 rings (SSSR count). The summed E-state index contributed by atoms with van der Waals surface area (Å²) in [5, 5.41) is 0. The summed E-state index contributed by atoms with van der Waals surface area (Å²) < 4.78 is 10.8. The maximum absolute atomic E-state index is 12.2. The molecule has 1 fully saturated rings. The summed E-state index contributed by atoms with van der Waals surface area (Å²) in [5.41, 5.74) is 6.94. The van der Waals surface area contributed by atoms with Gasteiger partial charge in [0.05, 0.1) is 13.2 Å². The molecule has 0 aromatic heterocycles. The first-order valence-electron chi connectivity index (χ1n) is 8.45. The minimum Gasteiger partial charge on any atom is -0.494 e. The third-order valence-electron chi connectivity index (χ3n) is 4.29. The number of halogens is 1.